The molecule has 1 fully saturated rings. The van der Waals surface area contributed by atoms with E-state index >= 15 is 0 Å². The first kappa shape index (κ1) is 14.2. The van der Waals surface area contributed by atoms with Crippen LogP contribution in [0.5, 0.6) is 0 Å². The second-order valence-corrected chi connectivity index (χ2v) is 6.19. The number of pyridine rings is 1. The van der Waals surface area contributed by atoms with Crippen molar-refractivity contribution in [3.63, 3.8) is 0 Å². The van der Waals surface area contributed by atoms with Gasteiger partial charge >= 0.3 is 5.97 Å². The Labute approximate surface area is 128 Å². The zero-order valence-corrected chi connectivity index (χ0v) is 12.5. The molecule has 2 atom stereocenters. The van der Waals surface area contributed by atoms with Gasteiger partial charge in [-0.05, 0) is 59.5 Å². The number of aliphatic carboxylic acids is 1. The number of carbonyl (C=O) groups is 1. The molecular formula is C16H18N2O2S. The van der Waals surface area contributed by atoms with Crippen LogP contribution in [0, 0.1) is 5.92 Å². The zero-order valence-electron chi connectivity index (χ0n) is 11.7. The fraction of sp³-hybridized carbons (Fsp3) is 0.375. The molecular weight excluding hydrogens is 284 g/mol. The fourth-order valence-corrected chi connectivity index (χ4v) is 3.71. The van der Waals surface area contributed by atoms with E-state index in [1.807, 2.05) is 12.1 Å². The van der Waals surface area contributed by atoms with Crippen molar-refractivity contribution in [3.8, 4) is 0 Å². The summed E-state index contributed by atoms with van der Waals surface area (Å²) in [5, 5.41) is 13.5. The lowest BCUT2D eigenvalue weighted by atomic mass is 9.93. The number of hydrogen-bond acceptors (Lipinski definition) is 4. The monoisotopic (exact) mass is 302 g/mol. The minimum Gasteiger partial charge on any atom is -0.481 e. The molecule has 4 nitrogen and oxygen atoms in total. The molecule has 0 aliphatic carbocycles. The molecule has 1 aliphatic heterocycles. The maximum absolute atomic E-state index is 11.3. The molecule has 0 aromatic carbocycles. The van der Waals surface area contributed by atoms with Crippen molar-refractivity contribution in [3.05, 3.63) is 52.5 Å². The van der Waals surface area contributed by atoms with E-state index in [0.29, 0.717) is 6.54 Å². The van der Waals surface area contributed by atoms with E-state index in [-0.39, 0.29) is 12.0 Å². The van der Waals surface area contributed by atoms with Crippen molar-refractivity contribution in [1.29, 1.82) is 0 Å². The number of carboxylic acids is 1. The smallest absolute Gasteiger partial charge is 0.307 e. The number of carboxylic acid groups (broad SMARTS) is 1. The van der Waals surface area contributed by atoms with Crippen LogP contribution >= 0.6 is 11.3 Å². The summed E-state index contributed by atoms with van der Waals surface area (Å²) in [6.07, 6.45) is 5.31. The van der Waals surface area contributed by atoms with Crippen molar-refractivity contribution in [2.75, 3.05) is 13.1 Å². The van der Waals surface area contributed by atoms with E-state index in [0.717, 1.165) is 19.4 Å². The molecule has 3 rings (SSSR count). The summed E-state index contributed by atoms with van der Waals surface area (Å²) in [7, 11) is 0. The van der Waals surface area contributed by atoms with Crippen molar-refractivity contribution in [1.82, 2.24) is 9.88 Å². The first-order chi connectivity index (χ1) is 10.3. The molecule has 0 radical (unpaired) electrons. The van der Waals surface area contributed by atoms with Gasteiger partial charge < -0.3 is 5.11 Å². The van der Waals surface area contributed by atoms with Gasteiger partial charge in [0.15, 0.2) is 0 Å². The van der Waals surface area contributed by atoms with Gasteiger partial charge in [0.25, 0.3) is 0 Å². The van der Waals surface area contributed by atoms with Crippen LogP contribution in [-0.4, -0.2) is 34.0 Å². The van der Waals surface area contributed by atoms with E-state index in [1.54, 1.807) is 23.7 Å². The molecule has 0 amide bonds. The van der Waals surface area contributed by atoms with E-state index < -0.39 is 5.97 Å². The summed E-state index contributed by atoms with van der Waals surface area (Å²) >= 11 is 1.68. The molecule has 2 aromatic rings. The maximum atomic E-state index is 11.3. The molecule has 1 saturated heterocycles. The Kier molecular flexibility index (Phi) is 4.31. The highest BCUT2D eigenvalue weighted by Crippen LogP contribution is 2.33. The highest BCUT2D eigenvalue weighted by molar-refractivity contribution is 7.08. The quantitative estimate of drug-likeness (QED) is 0.943. The Balaban J connectivity index is 1.91. The summed E-state index contributed by atoms with van der Waals surface area (Å²) in [5.41, 5.74) is 2.41. The predicted molar refractivity (Wildman–Crippen MR) is 82.3 cm³/mol. The highest BCUT2D eigenvalue weighted by Gasteiger charge is 2.31. The lowest BCUT2D eigenvalue weighted by Crippen LogP contribution is -2.41. The largest absolute Gasteiger partial charge is 0.481 e. The minimum absolute atomic E-state index is 0.126. The summed E-state index contributed by atoms with van der Waals surface area (Å²) in [6, 6.07) is 6.29. The molecule has 3 heterocycles. The fourth-order valence-electron chi connectivity index (χ4n) is 3.03. The predicted octanol–water partition coefficient (Wildman–Crippen LogP) is 3.03. The van der Waals surface area contributed by atoms with E-state index in [4.69, 9.17) is 0 Å². The third-order valence-corrected chi connectivity index (χ3v) is 4.75. The third-order valence-electron chi connectivity index (χ3n) is 4.05. The SMILES string of the molecule is O=C(O)C1CCCN(C(c2ccncc2)c2ccsc2)C1. The summed E-state index contributed by atoms with van der Waals surface area (Å²) in [5.74, 6) is -0.944. The van der Waals surface area contributed by atoms with Crippen LogP contribution in [0.25, 0.3) is 0 Å². The zero-order chi connectivity index (χ0) is 14.7. The van der Waals surface area contributed by atoms with Crippen LogP contribution in [0.2, 0.25) is 0 Å². The second kappa shape index (κ2) is 6.37. The minimum atomic E-state index is -0.682. The molecule has 0 spiro atoms. The standard InChI is InChI=1S/C16H18N2O2S/c19-16(20)13-2-1-8-18(10-13)15(14-5-9-21-11-14)12-3-6-17-7-4-12/h3-7,9,11,13,15H,1-2,8,10H2,(H,19,20). The number of piperidine rings is 1. The Morgan fingerprint density at radius 2 is 2.14 bits per heavy atom. The average Bonchev–Trinajstić information content (AvgIpc) is 3.03. The van der Waals surface area contributed by atoms with Gasteiger partial charge in [0, 0.05) is 18.9 Å². The summed E-state index contributed by atoms with van der Waals surface area (Å²) in [6.45, 7) is 1.55. The van der Waals surface area contributed by atoms with Crippen molar-refractivity contribution >= 4 is 17.3 Å². The van der Waals surface area contributed by atoms with Crippen molar-refractivity contribution < 1.29 is 9.90 Å². The van der Waals surface area contributed by atoms with Gasteiger partial charge in [0.2, 0.25) is 0 Å². The Hall–Kier alpha value is -1.72. The normalized spacial score (nSPS) is 21.0. The Morgan fingerprint density at radius 1 is 1.33 bits per heavy atom. The number of likely N-dealkylation sites (tertiary alicyclic amines) is 1. The molecule has 1 N–H and O–H groups in total. The molecule has 2 aromatic heterocycles. The van der Waals surface area contributed by atoms with Gasteiger partial charge in [-0.25, -0.2) is 0 Å². The summed E-state index contributed by atoms with van der Waals surface area (Å²) in [4.78, 5) is 17.7. The van der Waals surface area contributed by atoms with Crippen LogP contribution in [0.3, 0.4) is 0 Å². The highest BCUT2D eigenvalue weighted by atomic mass is 32.1. The third kappa shape index (κ3) is 3.14. The Morgan fingerprint density at radius 3 is 2.81 bits per heavy atom. The average molecular weight is 302 g/mol. The first-order valence-corrected chi connectivity index (χ1v) is 8.09. The van der Waals surface area contributed by atoms with Gasteiger partial charge in [-0.2, -0.15) is 11.3 Å². The lowest BCUT2D eigenvalue weighted by Gasteiger charge is -2.37. The number of aromatic nitrogens is 1. The number of rotatable bonds is 4. The molecule has 2 unspecified atom stereocenters. The van der Waals surface area contributed by atoms with Gasteiger partial charge in [-0.15, -0.1) is 0 Å². The molecule has 5 heteroatoms. The topological polar surface area (TPSA) is 53.4 Å². The maximum Gasteiger partial charge on any atom is 0.307 e. The van der Waals surface area contributed by atoms with Crippen LogP contribution in [0.15, 0.2) is 41.4 Å². The van der Waals surface area contributed by atoms with E-state index in [1.165, 1.54) is 11.1 Å². The van der Waals surface area contributed by atoms with Crippen molar-refractivity contribution in [2.45, 2.75) is 18.9 Å². The molecule has 1 aliphatic rings. The first-order valence-electron chi connectivity index (χ1n) is 7.14. The number of hydrogen-bond donors (Lipinski definition) is 1. The van der Waals surface area contributed by atoms with E-state index in [2.05, 4.69) is 26.7 Å². The van der Waals surface area contributed by atoms with Gasteiger partial charge in [0.05, 0.1) is 12.0 Å². The van der Waals surface area contributed by atoms with Crippen molar-refractivity contribution in [2.24, 2.45) is 5.92 Å². The summed E-state index contributed by atoms with van der Waals surface area (Å²) < 4.78 is 0. The molecule has 21 heavy (non-hydrogen) atoms. The Bertz CT molecular complexity index is 586. The second-order valence-electron chi connectivity index (χ2n) is 5.41. The molecule has 0 saturated carbocycles. The number of thiophene rings is 1. The van der Waals surface area contributed by atoms with Crippen LogP contribution in [-0.2, 0) is 4.79 Å². The van der Waals surface area contributed by atoms with Gasteiger partial charge in [-0.1, -0.05) is 0 Å². The van der Waals surface area contributed by atoms with E-state index in [9.17, 15) is 9.90 Å². The van der Waals surface area contributed by atoms with Gasteiger partial charge in [-0.3, -0.25) is 14.7 Å². The molecule has 0 bridgehead atoms. The van der Waals surface area contributed by atoms with Crippen LogP contribution < -0.4 is 0 Å². The number of nitrogens with zero attached hydrogens (tertiary/aromatic N) is 2. The molecule has 110 valence electrons. The van der Waals surface area contributed by atoms with Crippen LogP contribution in [0.4, 0.5) is 0 Å². The lowest BCUT2D eigenvalue weighted by molar-refractivity contribution is -0.143. The van der Waals surface area contributed by atoms with Crippen LogP contribution in [0.1, 0.15) is 30.0 Å². The van der Waals surface area contributed by atoms with Gasteiger partial charge in [0.1, 0.15) is 0 Å².